The quantitative estimate of drug-likeness (QED) is 0.840. The normalized spacial score (nSPS) is 13.4. The number of para-hydroxylation sites is 1. The van der Waals surface area contributed by atoms with Crippen molar-refractivity contribution in [1.29, 1.82) is 0 Å². The lowest BCUT2D eigenvalue weighted by molar-refractivity contribution is 0.0782. The molecule has 3 rings (SSSR count). The highest BCUT2D eigenvalue weighted by molar-refractivity contribution is 5.94. The molecule has 0 radical (unpaired) electrons. The van der Waals surface area contributed by atoms with Crippen LogP contribution in [0.2, 0.25) is 0 Å². The molecule has 1 aliphatic rings. The molecule has 2 aromatic rings. The van der Waals surface area contributed by atoms with Gasteiger partial charge in [0.2, 0.25) is 0 Å². The Morgan fingerprint density at radius 3 is 2.79 bits per heavy atom. The average Bonchev–Trinajstić information content (AvgIpc) is 3.15. The summed E-state index contributed by atoms with van der Waals surface area (Å²) < 4.78 is 15.8. The largest absolute Gasteiger partial charge is 0.340 e. The number of carbonyl (C=O) groups is 1. The molecule has 0 saturated carbocycles. The van der Waals surface area contributed by atoms with E-state index in [0.29, 0.717) is 23.8 Å². The van der Waals surface area contributed by atoms with Crippen molar-refractivity contribution in [2.75, 3.05) is 13.6 Å². The number of hydrogen-bond acceptors (Lipinski definition) is 2. The van der Waals surface area contributed by atoms with Crippen LogP contribution >= 0.6 is 0 Å². The Bertz CT molecular complexity index is 751. The third kappa shape index (κ3) is 3.07. The van der Waals surface area contributed by atoms with E-state index in [2.05, 4.69) is 18.9 Å². The molecule has 1 amide bonds. The molecule has 0 aliphatic heterocycles. The Labute approximate surface area is 142 Å². The third-order valence-electron chi connectivity index (χ3n) is 4.60. The molecule has 5 heteroatoms. The highest BCUT2D eigenvalue weighted by Crippen LogP contribution is 2.29. The number of aromatic nitrogens is 2. The maximum Gasteiger partial charge on any atom is 0.274 e. The van der Waals surface area contributed by atoms with Crippen molar-refractivity contribution in [3.8, 4) is 5.69 Å². The number of nitrogens with zero attached hydrogens (tertiary/aromatic N) is 3. The Kier molecular flexibility index (Phi) is 4.69. The lowest BCUT2D eigenvalue weighted by atomic mass is 10.1. The molecule has 0 bridgehead atoms. The van der Waals surface area contributed by atoms with E-state index in [1.807, 2.05) is 7.05 Å². The minimum absolute atomic E-state index is 0.0658. The SMILES string of the molecule is CC(C)CCN(C)C(=O)c1nn(-c2ccccc2F)c2c1CCC2. The van der Waals surface area contributed by atoms with E-state index in [9.17, 15) is 9.18 Å². The summed E-state index contributed by atoms with van der Waals surface area (Å²) in [5.41, 5.74) is 2.86. The predicted octanol–water partition coefficient (Wildman–Crippen LogP) is 3.62. The third-order valence-corrected chi connectivity index (χ3v) is 4.60. The van der Waals surface area contributed by atoms with Crippen molar-refractivity contribution in [3.63, 3.8) is 0 Å². The first-order valence-corrected chi connectivity index (χ1v) is 8.60. The van der Waals surface area contributed by atoms with Crippen LogP contribution in [0.25, 0.3) is 5.69 Å². The molecule has 0 saturated heterocycles. The molecule has 1 heterocycles. The summed E-state index contributed by atoms with van der Waals surface area (Å²) >= 11 is 0. The second-order valence-electron chi connectivity index (χ2n) is 6.90. The van der Waals surface area contributed by atoms with Crippen LogP contribution in [-0.4, -0.2) is 34.2 Å². The molecule has 1 aliphatic carbocycles. The molecule has 4 nitrogen and oxygen atoms in total. The summed E-state index contributed by atoms with van der Waals surface area (Å²) in [5.74, 6) is 0.160. The second kappa shape index (κ2) is 6.75. The summed E-state index contributed by atoms with van der Waals surface area (Å²) in [5, 5.41) is 4.50. The van der Waals surface area contributed by atoms with Crippen molar-refractivity contribution in [2.45, 2.75) is 39.5 Å². The zero-order valence-corrected chi connectivity index (χ0v) is 14.6. The van der Waals surface area contributed by atoms with E-state index in [0.717, 1.165) is 36.9 Å². The minimum Gasteiger partial charge on any atom is -0.340 e. The van der Waals surface area contributed by atoms with E-state index in [1.54, 1.807) is 27.8 Å². The van der Waals surface area contributed by atoms with Crippen LogP contribution in [-0.2, 0) is 12.8 Å². The maximum absolute atomic E-state index is 14.2. The van der Waals surface area contributed by atoms with Gasteiger partial charge in [0.25, 0.3) is 5.91 Å². The fraction of sp³-hybridized carbons (Fsp3) is 0.474. The topological polar surface area (TPSA) is 38.1 Å². The van der Waals surface area contributed by atoms with E-state index < -0.39 is 0 Å². The smallest absolute Gasteiger partial charge is 0.274 e. The molecule has 24 heavy (non-hydrogen) atoms. The monoisotopic (exact) mass is 329 g/mol. The fourth-order valence-corrected chi connectivity index (χ4v) is 3.17. The summed E-state index contributed by atoms with van der Waals surface area (Å²) in [6, 6.07) is 6.58. The molecule has 128 valence electrons. The van der Waals surface area contributed by atoms with Gasteiger partial charge in [-0.25, -0.2) is 9.07 Å². The molecular weight excluding hydrogens is 305 g/mol. The van der Waals surface area contributed by atoms with Crippen LogP contribution in [0.15, 0.2) is 24.3 Å². The Balaban J connectivity index is 1.95. The molecule has 0 atom stereocenters. The highest BCUT2D eigenvalue weighted by atomic mass is 19.1. The molecule has 1 aromatic carbocycles. The van der Waals surface area contributed by atoms with Crippen molar-refractivity contribution in [3.05, 3.63) is 47.0 Å². The van der Waals surface area contributed by atoms with Gasteiger partial charge >= 0.3 is 0 Å². The Morgan fingerprint density at radius 2 is 2.08 bits per heavy atom. The van der Waals surface area contributed by atoms with Gasteiger partial charge in [-0.15, -0.1) is 0 Å². The molecular formula is C19H24FN3O. The number of amides is 1. The number of halogens is 1. The summed E-state index contributed by atoms with van der Waals surface area (Å²) in [7, 11) is 1.81. The number of fused-ring (bicyclic) bond motifs is 1. The first kappa shape index (κ1) is 16.7. The molecule has 0 spiro atoms. The van der Waals surface area contributed by atoms with Gasteiger partial charge in [0, 0.05) is 24.8 Å². The predicted molar refractivity (Wildman–Crippen MR) is 92.0 cm³/mol. The number of rotatable bonds is 5. The zero-order valence-electron chi connectivity index (χ0n) is 14.6. The summed E-state index contributed by atoms with van der Waals surface area (Å²) in [6.45, 7) is 4.99. The molecule has 0 unspecified atom stereocenters. The van der Waals surface area contributed by atoms with Crippen LogP contribution in [0.4, 0.5) is 4.39 Å². The standard InChI is InChI=1S/C19H24FN3O/c1-13(2)11-12-22(3)19(24)18-14-7-6-10-16(14)23(21-18)17-9-5-4-8-15(17)20/h4-5,8-9,13H,6-7,10-12H2,1-3H3. The van der Waals surface area contributed by atoms with Gasteiger partial charge in [0.05, 0.1) is 0 Å². The van der Waals surface area contributed by atoms with Gasteiger partial charge in [0.1, 0.15) is 11.5 Å². The number of benzene rings is 1. The lowest BCUT2D eigenvalue weighted by Crippen LogP contribution is -2.29. The summed E-state index contributed by atoms with van der Waals surface area (Å²) in [6.07, 6.45) is 3.61. The van der Waals surface area contributed by atoms with Crippen LogP contribution in [0.1, 0.15) is 48.4 Å². The summed E-state index contributed by atoms with van der Waals surface area (Å²) in [4.78, 5) is 14.5. The van der Waals surface area contributed by atoms with Crippen LogP contribution < -0.4 is 0 Å². The van der Waals surface area contributed by atoms with Crippen LogP contribution in [0, 0.1) is 11.7 Å². The van der Waals surface area contributed by atoms with Crippen molar-refractivity contribution in [1.82, 2.24) is 14.7 Å². The van der Waals surface area contributed by atoms with Gasteiger partial charge in [-0.1, -0.05) is 26.0 Å². The van der Waals surface area contributed by atoms with Gasteiger partial charge in [-0.05, 0) is 43.7 Å². The van der Waals surface area contributed by atoms with E-state index in [-0.39, 0.29) is 11.7 Å². The maximum atomic E-state index is 14.2. The van der Waals surface area contributed by atoms with E-state index in [4.69, 9.17) is 0 Å². The second-order valence-corrected chi connectivity index (χ2v) is 6.90. The van der Waals surface area contributed by atoms with Crippen molar-refractivity contribution >= 4 is 5.91 Å². The molecule has 0 fully saturated rings. The van der Waals surface area contributed by atoms with Crippen LogP contribution in [0.5, 0.6) is 0 Å². The minimum atomic E-state index is -0.318. The van der Waals surface area contributed by atoms with Gasteiger partial charge in [-0.2, -0.15) is 5.10 Å². The fourth-order valence-electron chi connectivity index (χ4n) is 3.17. The Hall–Kier alpha value is -2.17. The van der Waals surface area contributed by atoms with E-state index in [1.165, 1.54) is 6.07 Å². The van der Waals surface area contributed by atoms with Crippen molar-refractivity contribution < 1.29 is 9.18 Å². The first-order valence-electron chi connectivity index (χ1n) is 8.60. The van der Waals surface area contributed by atoms with Gasteiger partial charge in [-0.3, -0.25) is 4.79 Å². The first-order chi connectivity index (χ1) is 11.5. The van der Waals surface area contributed by atoms with Crippen LogP contribution in [0.3, 0.4) is 0 Å². The average molecular weight is 329 g/mol. The van der Waals surface area contributed by atoms with Gasteiger partial charge in [0.15, 0.2) is 5.69 Å². The zero-order chi connectivity index (χ0) is 17.3. The van der Waals surface area contributed by atoms with Crippen molar-refractivity contribution in [2.24, 2.45) is 5.92 Å². The molecule has 1 aromatic heterocycles. The highest BCUT2D eigenvalue weighted by Gasteiger charge is 2.29. The number of carbonyl (C=O) groups excluding carboxylic acids is 1. The van der Waals surface area contributed by atoms with E-state index >= 15 is 0 Å². The Morgan fingerprint density at radius 1 is 1.33 bits per heavy atom. The molecule has 0 N–H and O–H groups in total. The number of hydrogen-bond donors (Lipinski definition) is 0. The van der Waals surface area contributed by atoms with Gasteiger partial charge < -0.3 is 4.90 Å². The lowest BCUT2D eigenvalue weighted by Gasteiger charge is -2.17.